The Labute approximate surface area is 147 Å². The summed E-state index contributed by atoms with van der Waals surface area (Å²) in [6.45, 7) is 14.8. The second kappa shape index (κ2) is 12.2. The first-order valence-electron chi connectivity index (χ1n) is 8.35. The van der Waals surface area contributed by atoms with Gasteiger partial charge in [0.1, 0.15) is 0 Å². The summed E-state index contributed by atoms with van der Waals surface area (Å²) in [5.74, 6) is 0. The topological polar surface area (TPSA) is 55.4 Å². The molecule has 0 bridgehead atoms. The van der Waals surface area contributed by atoms with E-state index in [9.17, 15) is 0 Å². The molecular weight excluding hydrogens is 315 g/mol. The van der Waals surface area contributed by atoms with Gasteiger partial charge in [-0.1, -0.05) is 0 Å². The predicted octanol–water partition coefficient (Wildman–Crippen LogP) is 2.12. The number of hydrogen-bond acceptors (Lipinski definition) is 6. The molecule has 0 fully saturated rings. The molecule has 0 radical (unpaired) electrons. The second-order valence-electron chi connectivity index (χ2n) is 4.53. The van der Waals surface area contributed by atoms with Gasteiger partial charge in [-0.2, -0.15) is 0 Å². The maximum absolute atomic E-state index is 6.01. The molecule has 9 heteroatoms. The van der Waals surface area contributed by atoms with Gasteiger partial charge in [-0.05, 0) is 0 Å². The molecule has 22 heavy (non-hydrogen) atoms. The minimum absolute atomic E-state index is 0.181. The van der Waals surface area contributed by atoms with Crippen LogP contribution in [0.2, 0.25) is 3.84 Å². The van der Waals surface area contributed by atoms with Gasteiger partial charge in [-0.25, -0.2) is 0 Å². The van der Waals surface area contributed by atoms with Gasteiger partial charge in [0.2, 0.25) is 0 Å². The van der Waals surface area contributed by atoms with Crippen molar-refractivity contribution in [1.29, 1.82) is 0 Å². The third-order valence-corrected chi connectivity index (χ3v) is 11.5. The standard InChI is InChI=1S/C13H31O6Si2.Li/c1-7-14-20(15-8-2,16-9-3)13-21(17-10-4,18-11-5)19-12-6;/h13H,7-12H2,1-6H3;. The molecule has 0 saturated heterocycles. The Morgan fingerprint density at radius 2 is 0.727 bits per heavy atom. The van der Waals surface area contributed by atoms with Gasteiger partial charge in [-0.15, -0.1) is 0 Å². The van der Waals surface area contributed by atoms with E-state index in [-0.39, 0.29) is 3.84 Å². The summed E-state index contributed by atoms with van der Waals surface area (Å²) in [6.07, 6.45) is 0. The van der Waals surface area contributed by atoms with Gasteiger partial charge in [0.15, 0.2) is 0 Å². The van der Waals surface area contributed by atoms with Gasteiger partial charge in [0, 0.05) is 0 Å². The van der Waals surface area contributed by atoms with Crippen LogP contribution < -0.4 is 0 Å². The summed E-state index contributed by atoms with van der Waals surface area (Å²) in [4.78, 5) is 0. The van der Waals surface area contributed by atoms with E-state index in [0.717, 1.165) is 0 Å². The molecule has 0 aliphatic rings. The van der Waals surface area contributed by atoms with Crippen LogP contribution in [0.25, 0.3) is 0 Å². The molecule has 0 saturated carbocycles. The van der Waals surface area contributed by atoms with Crippen LogP contribution in [0.3, 0.4) is 0 Å². The average Bonchev–Trinajstić information content (AvgIpc) is 2.48. The fourth-order valence-electron chi connectivity index (χ4n) is 2.42. The van der Waals surface area contributed by atoms with Crippen LogP contribution in [0, 0.1) is 0 Å². The fraction of sp³-hybridized carbons (Fsp3) is 1.00. The molecule has 0 aromatic rings. The molecular formula is C13H31LiO6Si2. The van der Waals surface area contributed by atoms with Crippen molar-refractivity contribution in [2.75, 3.05) is 39.6 Å². The number of rotatable bonds is 14. The first-order chi connectivity index (χ1) is 10.5. The summed E-state index contributed by atoms with van der Waals surface area (Å²) >= 11 is 2.01. The van der Waals surface area contributed by atoms with Gasteiger partial charge in [0.05, 0.1) is 0 Å². The maximum atomic E-state index is 6.01. The van der Waals surface area contributed by atoms with E-state index in [1.165, 1.54) is 0 Å². The Kier molecular flexibility index (Phi) is 12.6. The van der Waals surface area contributed by atoms with Crippen molar-refractivity contribution >= 4 is 35.3 Å². The van der Waals surface area contributed by atoms with Crippen LogP contribution in [0.4, 0.5) is 0 Å². The van der Waals surface area contributed by atoms with Crippen LogP contribution in [0.5, 0.6) is 0 Å². The first-order valence-corrected chi connectivity index (χ1v) is 12.0. The Balaban J connectivity index is 5.67. The fourth-order valence-corrected chi connectivity index (χ4v) is 10.1. The van der Waals surface area contributed by atoms with Gasteiger partial charge >= 0.3 is 147 Å². The molecule has 0 aromatic heterocycles. The SMILES string of the molecule is [Li][CH]([Si](OCC)(OCC)OCC)[Si](OCC)(OCC)OCC. The van der Waals surface area contributed by atoms with Crippen molar-refractivity contribution in [3.63, 3.8) is 0 Å². The third kappa shape index (κ3) is 6.02. The molecule has 0 rings (SSSR count). The molecule has 0 aliphatic carbocycles. The Hall–Kier alpha value is 0.791. The van der Waals surface area contributed by atoms with Crippen molar-refractivity contribution in [3.8, 4) is 0 Å². The zero-order chi connectivity index (χ0) is 17.1. The molecule has 6 nitrogen and oxygen atoms in total. The van der Waals surface area contributed by atoms with Crippen molar-refractivity contribution < 1.29 is 26.6 Å². The zero-order valence-electron chi connectivity index (χ0n) is 15.3. The molecule has 0 N–H and O–H groups in total. The van der Waals surface area contributed by atoms with Crippen LogP contribution in [-0.4, -0.2) is 75.0 Å². The van der Waals surface area contributed by atoms with Crippen LogP contribution in [0.15, 0.2) is 0 Å². The summed E-state index contributed by atoms with van der Waals surface area (Å²) in [5.41, 5.74) is 0. The predicted molar refractivity (Wildman–Crippen MR) is 90.8 cm³/mol. The van der Waals surface area contributed by atoms with Gasteiger partial charge in [-0.3, -0.25) is 0 Å². The van der Waals surface area contributed by atoms with E-state index in [1.54, 1.807) is 0 Å². The molecule has 0 aromatic carbocycles. The quantitative estimate of drug-likeness (QED) is 0.449. The Morgan fingerprint density at radius 1 is 0.545 bits per heavy atom. The molecule has 0 spiro atoms. The second-order valence-corrected chi connectivity index (χ2v) is 11.0. The number of hydrogen-bond donors (Lipinski definition) is 0. The van der Waals surface area contributed by atoms with E-state index < -0.39 is 17.6 Å². The molecule has 0 atom stereocenters. The zero-order valence-corrected chi connectivity index (χ0v) is 17.3. The molecule has 0 aliphatic heterocycles. The Morgan fingerprint density at radius 3 is 0.864 bits per heavy atom. The molecule has 0 unspecified atom stereocenters. The van der Waals surface area contributed by atoms with Crippen molar-refractivity contribution in [3.05, 3.63) is 0 Å². The van der Waals surface area contributed by atoms with Crippen LogP contribution >= 0.6 is 0 Å². The average molecular weight is 346 g/mol. The minimum atomic E-state index is -2.96. The van der Waals surface area contributed by atoms with Crippen LogP contribution in [-0.2, 0) is 26.6 Å². The molecule has 0 amide bonds. The van der Waals surface area contributed by atoms with Crippen LogP contribution in [0.1, 0.15) is 41.5 Å². The van der Waals surface area contributed by atoms with Gasteiger partial charge in [0.25, 0.3) is 0 Å². The summed E-state index contributed by atoms with van der Waals surface area (Å²) < 4.78 is 35.9. The summed E-state index contributed by atoms with van der Waals surface area (Å²) in [5, 5.41) is 0. The van der Waals surface area contributed by atoms with Gasteiger partial charge < -0.3 is 0 Å². The Bertz CT molecular complexity index is 225. The third-order valence-electron chi connectivity index (χ3n) is 3.13. The van der Waals surface area contributed by atoms with Crippen molar-refractivity contribution in [1.82, 2.24) is 0 Å². The molecule has 128 valence electrons. The van der Waals surface area contributed by atoms with E-state index in [1.807, 2.05) is 59.3 Å². The van der Waals surface area contributed by atoms with Crippen molar-refractivity contribution in [2.24, 2.45) is 0 Å². The van der Waals surface area contributed by atoms with Crippen molar-refractivity contribution in [2.45, 2.75) is 45.4 Å². The summed E-state index contributed by atoms with van der Waals surface area (Å²) in [6, 6.07) is 0. The monoisotopic (exact) mass is 346 g/mol. The molecule has 0 heterocycles. The van der Waals surface area contributed by atoms with E-state index in [4.69, 9.17) is 26.6 Å². The van der Waals surface area contributed by atoms with E-state index >= 15 is 0 Å². The first kappa shape index (κ1) is 22.8. The summed E-state index contributed by atoms with van der Waals surface area (Å²) in [7, 11) is -5.92. The van der Waals surface area contributed by atoms with E-state index in [0.29, 0.717) is 39.6 Å². The van der Waals surface area contributed by atoms with E-state index in [2.05, 4.69) is 0 Å². The normalized spacial score (nSPS) is 13.1.